The zero-order valence-corrected chi connectivity index (χ0v) is 25.1. The third kappa shape index (κ3) is 9.66. The minimum absolute atomic E-state index is 0.183. The van der Waals surface area contributed by atoms with Gasteiger partial charge >= 0.3 is 0 Å². The third-order valence-electron chi connectivity index (χ3n) is 6.78. The first-order chi connectivity index (χ1) is 21.6. The molecule has 4 aromatic rings. The summed E-state index contributed by atoms with van der Waals surface area (Å²) in [6.45, 7) is 4.67. The van der Waals surface area contributed by atoms with Gasteiger partial charge in [0.1, 0.15) is 11.5 Å². The number of ether oxygens (including phenoxy) is 2. The van der Waals surface area contributed by atoms with Crippen molar-refractivity contribution in [3.63, 3.8) is 0 Å². The normalized spacial score (nSPS) is 12.5. The van der Waals surface area contributed by atoms with Crippen LogP contribution in [0.3, 0.4) is 0 Å². The Kier molecular flexibility index (Phi) is 12.3. The van der Waals surface area contributed by atoms with Gasteiger partial charge in [0.2, 0.25) is 0 Å². The molecular weight excluding hydrogens is 552 g/mol. The van der Waals surface area contributed by atoms with E-state index in [1.165, 1.54) is 0 Å². The molecule has 226 valence electrons. The molecule has 0 fully saturated rings. The van der Waals surface area contributed by atoms with Crippen LogP contribution in [-0.4, -0.2) is 36.5 Å². The Morgan fingerprint density at radius 1 is 0.591 bits per heavy atom. The van der Waals surface area contributed by atoms with Gasteiger partial charge in [-0.05, 0) is 48.2 Å². The summed E-state index contributed by atoms with van der Waals surface area (Å²) < 4.78 is 12.2. The van der Waals surface area contributed by atoms with Crippen molar-refractivity contribution in [1.82, 2.24) is 10.6 Å². The molecule has 0 saturated carbocycles. The van der Waals surface area contributed by atoms with Gasteiger partial charge in [0, 0.05) is 24.2 Å². The first-order valence-electron chi connectivity index (χ1n) is 14.8. The second kappa shape index (κ2) is 17.0. The van der Waals surface area contributed by atoms with Crippen molar-refractivity contribution in [3.05, 3.63) is 131 Å². The van der Waals surface area contributed by atoms with Crippen molar-refractivity contribution in [3.8, 4) is 11.5 Å². The Labute approximate surface area is 258 Å². The van der Waals surface area contributed by atoms with Gasteiger partial charge in [-0.1, -0.05) is 98.8 Å². The van der Waals surface area contributed by atoms with Gasteiger partial charge in [-0.2, -0.15) is 10.2 Å². The van der Waals surface area contributed by atoms with E-state index in [-0.39, 0.29) is 11.8 Å². The molecule has 4 aromatic carbocycles. The molecule has 0 aliphatic rings. The second-order valence-electron chi connectivity index (χ2n) is 10.0. The number of para-hydroxylation sites is 2. The molecule has 2 N–H and O–H groups in total. The van der Waals surface area contributed by atoms with Crippen LogP contribution in [0, 0.1) is 0 Å². The molecule has 0 spiro atoms. The summed E-state index contributed by atoms with van der Waals surface area (Å²) in [5.41, 5.74) is 3.41. The largest absolute Gasteiger partial charge is 0.480 e. The summed E-state index contributed by atoms with van der Waals surface area (Å²) in [6, 6.07) is 34.2. The molecule has 8 heteroatoms. The number of nitrogens with zero attached hydrogens (tertiary/aromatic N) is 2. The number of rotatable bonds is 15. The van der Waals surface area contributed by atoms with E-state index >= 15 is 0 Å². The average molecular weight is 591 g/mol. The topological polar surface area (TPSA) is 101 Å². The number of carbonyl (C=O) groups is 2. The highest BCUT2D eigenvalue weighted by atomic mass is 16.5. The fraction of sp³-hybridized carbons (Fsp3) is 0.222. The molecule has 0 aliphatic carbocycles. The first-order valence-corrected chi connectivity index (χ1v) is 14.8. The van der Waals surface area contributed by atoms with Crippen molar-refractivity contribution in [1.29, 1.82) is 0 Å². The van der Waals surface area contributed by atoms with E-state index in [2.05, 4.69) is 20.8 Å². The minimum Gasteiger partial charge on any atom is -0.480 e. The van der Waals surface area contributed by atoms with Crippen LogP contribution in [-0.2, 0) is 22.7 Å². The van der Waals surface area contributed by atoms with Crippen LogP contribution in [0.25, 0.3) is 0 Å². The van der Waals surface area contributed by atoms with E-state index in [4.69, 9.17) is 9.47 Å². The monoisotopic (exact) mass is 590 g/mol. The average Bonchev–Trinajstić information content (AvgIpc) is 3.07. The summed E-state index contributed by atoms with van der Waals surface area (Å²) in [6.07, 6.45) is 2.86. The van der Waals surface area contributed by atoms with E-state index in [1.807, 2.05) is 111 Å². The lowest BCUT2D eigenvalue weighted by atomic mass is 10.2. The Morgan fingerprint density at radius 3 is 1.34 bits per heavy atom. The quantitative estimate of drug-likeness (QED) is 0.129. The van der Waals surface area contributed by atoms with Crippen molar-refractivity contribution in [2.75, 3.05) is 0 Å². The van der Waals surface area contributed by atoms with E-state index in [0.29, 0.717) is 48.6 Å². The van der Waals surface area contributed by atoms with E-state index in [9.17, 15) is 9.59 Å². The lowest BCUT2D eigenvalue weighted by Crippen LogP contribution is -2.37. The number of amides is 2. The standard InChI is InChI=1S/C36H38N4O4/c1-3-31(35(41)37-23-27-15-7-5-8-16-27)43-33-21-13-11-19-29(33)25-39-40-26-30-20-12-14-22-34(30)44-32(4-2)36(42)38-24-28-17-9-6-10-18-28/h5-22,25-26,31-32H,3-4,23-24H2,1-2H3,(H,37,41)(H,38,42). The Balaban J connectivity index is 1.37. The predicted octanol–water partition coefficient (Wildman–Crippen LogP) is 6.09. The maximum absolute atomic E-state index is 12.8. The summed E-state index contributed by atoms with van der Waals surface area (Å²) in [5, 5.41) is 14.3. The van der Waals surface area contributed by atoms with Gasteiger partial charge in [0.05, 0.1) is 12.4 Å². The molecule has 4 rings (SSSR count). The molecular formula is C36H38N4O4. The molecule has 2 atom stereocenters. The van der Waals surface area contributed by atoms with Crippen molar-refractivity contribution in [2.24, 2.45) is 10.2 Å². The van der Waals surface area contributed by atoms with Crippen LogP contribution in [0.2, 0.25) is 0 Å². The van der Waals surface area contributed by atoms with Crippen LogP contribution in [0.4, 0.5) is 0 Å². The molecule has 0 aromatic heterocycles. The highest BCUT2D eigenvalue weighted by Crippen LogP contribution is 2.20. The Bertz CT molecular complexity index is 1420. The molecule has 0 radical (unpaired) electrons. The van der Waals surface area contributed by atoms with Gasteiger partial charge in [-0.15, -0.1) is 0 Å². The van der Waals surface area contributed by atoms with Crippen molar-refractivity contribution in [2.45, 2.75) is 52.0 Å². The molecule has 2 amide bonds. The third-order valence-corrected chi connectivity index (χ3v) is 6.78. The molecule has 2 unspecified atom stereocenters. The highest BCUT2D eigenvalue weighted by Gasteiger charge is 2.20. The fourth-order valence-electron chi connectivity index (χ4n) is 4.33. The highest BCUT2D eigenvalue weighted by molar-refractivity contribution is 5.87. The zero-order chi connectivity index (χ0) is 31.0. The van der Waals surface area contributed by atoms with Gasteiger partial charge in [-0.3, -0.25) is 9.59 Å². The molecule has 0 heterocycles. The lowest BCUT2D eigenvalue weighted by molar-refractivity contribution is -0.129. The summed E-state index contributed by atoms with van der Waals surface area (Å²) in [5.74, 6) is 0.696. The maximum atomic E-state index is 12.8. The summed E-state index contributed by atoms with van der Waals surface area (Å²) >= 11 is 0. The number of hydrogen-bond acceptors (Lipinski definition) is 6. The zero-order valence-electron chi connectivity index (χ0n) is 25.1. The number of hydrogen-bond donors (Lipinski definition) is 2. The Hall–Kier alpha value is -5.24. The van der Waals surface area contributed by atoms with Crippen LogP contribution >= 0.6 is 0 Å². The van der Waals surface area contributed by atoms with Crippen molar-refractivity contribution < 1.29 is 19.1 Å². The smallest absolute Gasteiger partial charge is 0.261 e. The fourth-order valence-corrected chi connectivity index (χ4v) is 4.33. The molecule has 8 nitrogen and oxygen atoms in total. The second-order valence-corrected chi connectivity index (χ2v) is 10.0. The van der Waals surface area contributed by atoms with Crippen LogP contribution in [0.5, 0.6) is 11.5 Å². The number of carbonyl (C=O) groups excluding carboxylic acids is 2. The van der Waals surface area contributed by atoms with Crippen molar-refractivity contribution >= 4 is 24.2 Å². The van der Waals surface area contributed by atoms with Gasteiger partial charge in [0.25, 0.3) is 11.8 Å². The lowest BCUT2D eigenvalue weighted by Gasteiger charge is -2.18. The SMILES string of the molecule is CCC(Oc1ccccc1C=NN=Cc1ccccc1OC(CC)C(=O)NCc1ccccc1)C(=O)NCc1ccccc1. The Morgan fingerprint density at radius 2 is 0.955 bits per heavy atom. The summed E-state index contributed by atoms with van der Waals surface area (Å²) in [4.78, 5) is 25.6. The van der Waals surface area contributed by atoms with Gasteiger partial charge in [-0.25, -0.2) is 0 Å². The molecule has 0 aliphatic heterocycles. The van der Waals surface area contributed by atoms with E-state index in [0.717, 1.165) is 11.1 Å². The summed E-state index contributed by atoms with van der Waals surface area (Å²) in [7, 11) is 0. The van der Waals surface area contributed by atoms with Gasteiger partial charge < -0.3 is 20.1 Å². The predicted molar refractivity (Wildman–Crippen MR) is 174 cm³/mol. The van der Waals surface area contributed by atoms with E-state index < -0.39 is 12.2 Å². The molecule has 0 bridgehead atoms. The van der Waals surface area contributed by atoms with Crippen LogP contribution in [0.1, 0.15) is 48.9 Å². The van der Waals surface area contributed by atoms with Crippen LogP contribution < -0.4 is 20.1 Å². The number of benzene rings is 4. The number of nitrogens with one attached hydrogen (secondary N) is 2. The minimum atomic E-state index is -0.655. The van der Waals surface area contributed by atoms with Crippen LogP contribution in [0.15, 0.2) is 119 Å². The van der Waals surface area contributed by atoms with Gasteiger partial charge in [0.15, 0.2) is 12.2 Å². The first kappa shape index (κ1) is 31.7. The molecule has 0 saturated heterocycles. The maximum Gasteiger partial charge on any atom is 0.261 e. The van der Waals surface area contributed by atoms with E-state index in [1.54, 1.807) is 24.6 Å². The molecule has 44 heavy (non-hydrogen) atoms.